The van der Waals surface area contributed by atoms with Gasteiger partial charge in [-0.2, -0.15) is 0 Å². The molecule has 59 heavy (non-hydrogen) atoms. The summed E-state index contributed by atoms with van der Waals surface area (Å²) in [5.41, 5.74) is 3.09. The monoisotopic (exact) mass is 851 g/mol. The molecule has 1 aliphatic heterocycles. The van der Waals surface area contributed by atoms with Crippen LogP contribution in [0.4, 0.5) is 22.0 Å². The number of hydrogen-bond donors (Lipinski definition) is 0. The first-order valence-corrected chi connectivity index (χ1v) is 24.8. The van der Waals surface area contributed by atoms with Crippen molar-refractivity contribution in [3.8, 4) is 0 Å². The first-order chi connectivity index (χ1) is 28.1. The molecule has 1 aliphatic rings. The highest BCUT2D eigenvalue weighted by molar-refractivity contribution is 7.54. The van der Waals surface area contributed by atoms with Crippen LogP contribution in [-0.4, -0.2) is 12.6 Å². The average Bonchev–Trinajstić information content (AvgIpc) is 3.92. The zero-order chi connectivity index (χ0) is 42.8. The van der Waals surface area contributed by atoms with Gasteiger partial charge in [0.2, 0.25) is 0 Å². The lowest BCUT2D eigenvalue weighted by atomic mass is 10.2. The summed E-state index contributed by atoms with van der Waals surface area (Å²) in [6.07, 6.45) is 0. The van der Waals surface area contributed by atoms with E-state index in [1.165, 1.54) is 21.6 Å². The van der Waals surface area contributed by atoms with E-state index in [0.29, 0.717) is 27.8 Å². The van der Waals surface area contributed by atoms with E-state index < -0.39 is 8.07 Å². The van der Waals surface area contributed by atoms with Crippen LogP contribution in [0.2, 0.25) is 13.1 Å². The largest absolute Gasteiger partial charge is 0.458 e. The molecule has 4 aromatic heterocycles. The van der Waals surface area contributed by atoms with Crippen molar-refractivity contribution < 1.29 is 26.4 Å². The number of fused-ring (bicyclic) bond motifs is 5. The third-order valence-electron chi connectivity index (χ3n) is 11.1. The van der Waals surface area contributed by atoms with E-state index in [2.05, 4.69) is 25.8 Å². The van der Waals surface area contributed by atoms with Crippen molar-refractivity contribution >= 4 is 80.4 Å². The number of furan rings is 1. The van der Waals surface area contributed by atoms with Gasteiger partial charge >= 0.3 is 0 Å². The Morgan fingerprint density at radius 3 is 1.78 bits per heavy atom. The number of thiophene rings is 1. The van der Waals surface area contributed by atoms with Crippen LogP contribution in [-0.2, 0) is 13.7 Å². The molecule has 0 amide bonds. The number of hydrogen-bond acceptors (Lipinski definition) is 2. The molecule has 5 heterocycles. The molecule has 9 aromatic rings. The third kappa shape index (κ3) is 8.61. The lowest BCUT2D eigenvalue weighted by Crippen LogP contribution is -2.40. The summed E-state index contributed by atoms with van der Waals surface area (Å²) in [5.74, 6) is -0.0445. The Balaban J connectivity index is 0.000000124. The summed E-state index contributed by atoms with van der Waals surface area (Å²) < 4.78 is 74.8. The second-order valence-electron chi connectivity index (χ2n) is 15.0. The summed E-state index contributed by atoms with van der Waals surface area (Å²) in [7, 11) is -0.124. The summed E-state index contributed by atoms with van der Waals surface area (Å²) in [4.78, 5) is 0.770. The molecule has 1 atom stereocenters. The fourth-order valence-corrected chi connectivity index (χ4v) is 12.2. The number of aryl methyl sites for hydroxylation is 4. The van der Waals surface area contributed by atoms with Crippen LogP contribution in [0.3, 0.4) is 0 Å². The number of para-hydroxylation sites is 2. The minimum absolute atomic E-state index is 0.000730. The number of benzene rings is 5. The van der Waals surface area contributed by atoms with Gasteiger partial charge in [0.05, 0.1) is 16.6 Å². The molecule has 0 N–H and O–H groups in total. The maximum atomic E-state index is 13.7. The minimum atomic E-state index is -1.62. The number of rotatable bonds is 0. The van der Waals surface area contributed by atoms with Crippen LogP contribution in [0.15, 0.2) is 131 Å². The Morgan fingerprint density at radius 2 is 1.15 bits per heavy atom. The van der Waals surface area contributed by atoms with Crippen LogP contribution in [0, 0.1) is 51.0 Å². The van der Waals surface area contributed by atoms with Crippen molar-refractivity contribution in [3.63, 3.8) is 0 Å². The van der Waals surface area contributed by atoms with Crippen molar-refractivity contribution in [2.75, 3.05) is 0 Å². The van der Waals surface area contributed by atoms with E-state index in [4.69, 9.17) is 4.42 Å². The molecule has 0 spiro atoms. The maximum absolute atomic E-state index is 13.7. The summed E-state index contributed by atoms with van der Waals surface area (Å²) in [6.45, 7) is 15.5. The topological polar surface area (TPSA) is 18.1 Å². The molecule has 10 rings (SSSR count). The fraction of sp³-hybridized carbons (Fsp3) is 0.184. The Hall–Kier alpha value is -5.21. The van der Waals surface area contributed by atoms with E-state index in [0.717, 1.165) is 41.9 Å². The van der Waals surface area contributed by atoms with Crippen molar-refractivity contribution in [2.24, 2.45) is 13.7 Å². The molecule has 0 saturated carbocycles. The minimum Gasteiger partial charge on any atom is -0.458 e. The normalized spacial score (nSPS) is 12.9. The van der Waals surface area contributed by atoms with Gasteiger partial charge in [-0.1, -0.05) is 104 Å². The summed E-state index contributed by atoms with van der Waals surface area (Å²) in [5, 5.41) is 7.15. The van der Waals surface area contributed by atoms with Crippen LogP contribution >= 0.6 is 18.9 Å². The van der Waals surface area contributed by atoms with Gasteiger partial charge in [0.1, 0.15) is 36.9 Å². The molecule has 0 bridgehead atoms. The Morgan fingerprint density at radius 1 is 0.593 bits per heavy atom. The van der Waals surface area contributed by atoms with Gasteiger partial charge in [-0.3, -0.25) is 0 Å². The number of allylic oxidation sites excluding steroid dienone is 1. The Bertz CT molecular complexity index is 2730. The second kappa shape index (κ2) is 18.0. The molecule has 304 valence electrons. The first kappa shape index (κ1) is 43.4. The molecular weight excluding hydrogens is 805 g/mol. The standard InChI is InChI=1S/C11H13FSi.C10H10FN.C10H10FP.C9H7FO.C9H7FS/c1-8-11(12)9-6-4-5-7-10(9)13(8,2)3;2*1-7-10(11)8-5-3-4-6-9(8)12(7)2;2*1-6-9(10)7-4-2-3-5-8(7)11-6/h4-7H,1-3H3;2*3-6H,1-2H3;2*2-5H,1H3. The summed E-state index contributed by atoms with van der Waals surface area (Å²) in [6, 6.07) is 37.7. The molecule has 2 nitrogen and oxygen atoms in total. The predicted octanol–water partition coefficient (Wildman–Crippen LogP) is 15.5. The van der Waals surface area contributed by atoms with Crippen molar-refractivity contribution in [2.45, 2.75) is 47.7 Å². The molecule has 0 aliphatic carbocycles. The molecular formula is C49H47F5NOPSSi. The van der Waals surface area contributed by atoms with Crippen molar-refractivity contribution in [1.82, 2.24) is 4.57 Å². The molecule has 5 aromatic carbocycles. The number of nitrogens with zero attached hydrogens (tertiary/aromatic N) is 1. The zero-order valence-corrected chi connectivity index (χ0v) is 37.4. The molecule has 10 heteroatoms. The van der Waals surface area contributed by atoms with Gasteiger partial charge < -0.3 is 8.98 Å². The smallest absolute Gasteiger partial charge is 0.172 e. The molecule has 1 unspecified atom stereocenters. The van der Waals surface area contributed by atoms with Gasteiger partial charge in [-0.05, 0) is 82.0 Å². The van der Waals surface area contributed by atoms with Gasteiger partial charge in [-0.15, -0.1) is 18.9 Å². The average molecular weight is 852 g/mol. The highest BCUT2D eigenvalue weighted by Crippen LogP contribution is 2.43. The number of halogens is 5. The lowest BCUT2D eigenvalue weighted by Gasteiger charge is -2.18. The van der Waals surface area contributed by atoms with Crippen molar-refractivity contribution in [3.05, 3.63) is 177 Å². The summed E-state index contributed by atoms with van der Waals surface area (Å²) >= 11 is 1.50. The van der Waals surface area contributed by atoms with E-state index in [-0.39, 0.29) is 36.6 Å². The third-order valence-corrected chi connectivity index (χ3v) is 18.4. The van der Waals surface area contributed by atoms with Crippen LogP contribution in [0.5, 0.6) is 0 Å². The Kier molecular flexibility index (Phi) is 13.2. The van der Waals surface area contributed by atoms with Crippen LogP contribution in [0.1, 0.15) is 34.1 Å². The Labute approximate surface area is 348 Å². The van der Waals surface area contributed by atoms with Gasteiger partial charge in [-0.25, -0.2) is 22.0 Å². The fourth-order valence-electron chi connectivity index (χ4n) is 7.12. The number of aromatic nitrogens is 1. The maximum Gasteiger partial charge on any atom is 0.172 e. The molecule has 0 fully saturated rings. The van der Waals surface area contributed by atoms with E-state index in [1.54, 1.807) is 45.0 Å². The first-order valence-electron chi connectivity index (χ1n) is 19.2. The second-order valence-corrected chi connectivity index (χ2v) is 23.1. The zero-order valence-electron chi connectivity index (χ0n) is 34.6. The van der Waals surface area contributed by atoms with Gasteiger partial charge in [0, 0.05) is 48.8 Å². The van der Waals surface area contributed by atoms with Gasteiger partial charge in [0.15, 0.2) is 11.6 Å². The van der Waals surface area contributed by atoms with E-state index in [1.807, 2.05) is 116 Å². The van der Waals surface area contributed by atoms with E-state index >= 15 is 0 Å². The molecule has 0 saturated heterocycles. The molecule has 0 radical (unpaired) electrons. The van der Waals surface area contributed by atoms with Crippen LogP contribution < -0.4 is 5.19 Å². The highest BCUT2D eigenvalue weighted by atomic mass is 32.1. The SMILES string of the molecule is CC1=C(F)c2ccccc2[Si]1(C)C.Cc1c(F)c2ccccc2n1C.Cc1c(F)c2ccccc2p1C.Cc1oc2ccccc2c1F.Cc1sc2ccccc2c1F. The van der Waals surface area contributed by atoms with Crippen molar-refractivity contribution in [1.29, 1.82) is 0 Å². The van der Waals surface area contributed by atoms with Gasteiger partial charge in [0.25, 0.3) is 0 Å². The van der Waals surface area contributed by atoms with Crippen LogP contribution in [0.25, 0.3) is 48.3 Å². The highest BCUT2D eigenvalue weighted by Gasteiger charge is 2.37. The lowest BCUT2D eigenvalue weighted by molar-refractivity contribution is 0.523. The predicted molar refractivity (Wildman–Crippen MR) is 245 cm³/mol. The quantitative estimate of drug-likeness (QED) is 0.110. The van der Waals surface area contributed by atoms with E-state index in [9.17, 15) is 22.0 Å².